The summed E-state index contributed by atoms with van der Waals surface area (Å²) in [4.78, 5) is 38.9. The van der Waals surface area contributed by atoms with Crippen molar-refractivity contribution < 1.29 is 9.90 Å². The summed E-state index contributed by atoms with van der Waals surface area (Å²) in [6.07, 6.45) is 2.57. The topological polar surface area (TPSA) is 105 Å². The minimum absolute atomic E-state index is 0.0764. The third-order valence-corrected chi connectivity index (χ3v) is 2.30. The molecule has 0 saturated carbocycles. The lowest BCUT2D eigenvalue weighted by molar-refractivity contribution is 0.0696. The van der Waals surface area contributed by atoms with Crippen molar-refractivity contribution in [1.29, 1.82) is 0 Å². The van der Waals surface area contributed by atoms with Gasteiger partial charge in [0.2, 0.25) is 0 Å². The Morgan fingerprint density at radius 2 is 2.11 bits per heavy atom. The van der Waals surface area contributed by atoms with Crippen LogP contribution < -0.4 is 11.2 Å². The summed E-state index contributed by atoms with van der Waals surface area (Å²) in [6, 6.07) is 4.15. The molecule has 2 rings (SSSR count). The van der Waals surface area contributed by atoms with E-state index >= 15 is 0 Å². The van der Waals surface area contributed by atoms with Crippen LogP contribution >= 0.6 is 0 Å². The van der Waals surface area contributed by atoms with Crippen LogP contribution in [-0.2, 0) is 6.54 Å². The average Bonchev–Trinajstić information content (AvgIpc) is 2.33. The molecule has 0 aliphatic rings. The fourth-order valence-corrected chi connectivity index (χ4v) is 1.39. The van der Waals surface area contributed by atoms with Crippen molar-refractivity contribution in [3.05, 3.63) is 62.7 Å². The second-order valence-electron chi connectivity index (χ2n) is 3.58. The van der Waals surface area contributed by atoms with Crippen LogP contribution in [0.25, 0.3) is 0 Å². The number of carbonyl (C=O) groups is 1. The molecule has 7 nitrogen and oxygen atoms in total. The van der Waals surface area contributed by atoms with Gasteiger partial charge in [-0.3, -0.25) is 19.3 Å². The third kappa shape index (κ3) is 2.51. The van der Waals surface area contributed by atoms with Gasteiger partial charge in [-0.15, -0.1) is 0 Å². The fourth-order valence-electron chi connectivity index (χ4n) is 1.39. The van der Waals surface area contributed by atoms with E-state index in [1.807, 2.05) is 0 Å². The maximum atomic E-state index is 11.4. The lowest BCUT2D eigenvalue weighted by atomic mass is 10.2. The Morgan fingerprint density at radius 3 is 2.67 bits per heavy atom. The van der Waals surface area contributed by atoms with Gasteiger partial charge in [0.1, 0.15) is 0 Å². The molecule has 92 valence electrons. The minimum atomic E-state index is -1.06. The summed E-state index contributed by atoms with van der Waals surface area (Å²) in [5, 5.41) is 8.71. The number of nitrogens with one attached hydrogen (secondary N) is 1. The lowest BCUT2D eigenvalue weighted by Crippen LogP contribution is -2.29. The summed E-state index contributed by atoms with van der Waals surface area (Å²) >= 11 is 0. The Kier molecular flexibility index (Phi) is 3.05. The van der Waals surface area contributed by atoms with Gasteiger partial charge in [0.25, 0.3) is 5.56 Å². The van der Waals surface area contributed by atoms with Gasteiger partial charge in [0, 0.05) is 18.5 Å². The van der Waals surface area contributed by atoms with Crippen LogP contribution in [0.5, 0.6) is 0 Å². The Bertz CT molecular complexity index is 684. The highest BCUT2D eigenvalue weighted by Gasteiger charge is 2.04. The zero-order valence-corrected chi connectivity index (χ0v) is 9.16. The molecule has 0 bridgehead atoms. The number of aromatic carboxylic acids is 1. The van der Waals surface area contributed by atoms with Crippen molar-refractivity contribution in [1.82, 2.24) is 14.5 Å². The van der Waals surface area contributed by atoms with Crippen LogP contribution in [0.4, 0.5) is 0 Å². The molecule has 0 saturated heterocycles. The molecule has 2 aromatic rings. The second kappa shape index (κ2) is 4.66. The number of nitrogens with zero attached hydrogens (tertiary/aromatic N) is 2. The van der Waals surface area contributed by atoms with Crippen molar-refractivity contribution in [3.63, 3.8) is 0 Å². The monoisotopic (exact) mass is 247 g/mol. The van der Waals surface area contributed by atoms with Gasteiger partial charge in [-0.2, -0.15) is 0 Å². The summed E-state index contributed by atoms with van der Waals surface area (Å²) < 4.78 is 1.27. The number of aromatic nitrogens is 3. The standard InChI is InChI=1S/C11H9N3O4/c15-9-3-4-14(11(18)13-9)6-8-2-1-7(5-12-8)10(16)17/h1-5H,6H2,(H,16,17)(H,13,15,18). The van der Waals surface area contributed by atoms with Crippen molar-refractivity contribution in [2.75, 3.05) is 0 Å². The van der Waals surface area contributed by atoms with Crippen molar-refractivity contribution >= 4 is 5.97 Å². The second-order valence-corrected chi connectivity index (χ2v) is 3.58. The molecular formula is C11H9N3O4. The molecule has 0 amide bonds. The van der Waals surface area contributed by atoms with Gasteiger partial charge < -0.3 is 5.11 Å². The zero-order chi connectivity index (χ0) is 13.1. The van der Waals surface area contributed by atoms with E-state index < -0.39 is 17.2 Å². The quantitative estimate of drug-likeness (QED) is 0.773. The molecular weight excluding hydrogens is 238 g/mol. The largest absolute Gasteiger partial charge is 0.478 e. The number of H-pyrrole nitrogens is 1. The van der Waals surface area contributed by atoms with Crippen molar-refractivity contribution in [3.8, 4) is 0 Å². The van der Waals surface area contributed by atoms with Gasteiger partial charge in [0.05, 0.1) is 17.8 Å². The summed E-state index contributed by atoms with van der Waals surface area (Å²) in [5.41, 5.74) is -0.404. The number of aromatic amines is 1. The first-order valence-corrected chi connectivity index (χ1v) is 5.04. The van der Waals surface area contributed by atoms with E-state index in [1.54, 1.807) is 0 Å². The molecule has 2 N–H and O–H groups in total. The van der Waals surface area contributed by atoms with Crippen LogP contribution in [0.1, 0.15) is 16.1 Å². The van der Waals surface area contributed by atoms with Gasteiger partial charge in [-0.1, -0.05) is 0 Å². The maximum absolute atomic E-state index is 11.4. The van der Waals surface area contributed by atoms with Crippen LogP contribution in [0.15, 0.2) is 40.2 Å². The van der Waals surface area contributed by atoms with Gasteiger partial charge in [0.15, 0.2) is 0 Å². The molecule has 0 fully saturated rings. The van der Waals surface area contributed by atoms with Crippen molar-refractivity contribution in [2.45, 2.75) is 6.54 Å². The molecule has 0 aliphatic heterocycles. The van der Waals surface area contributed by atoms with Gasteiger partial charge >= 0.3 is 11.7 Å². The van der Waals surface area contributed by atoms with Crippen LogP contribution in [-0.4, -0.2) is 25.6 Å². The Balaban J connectivity index is 2.26. The third-order valence-electron chi connectivity index (χ3n) is 2.30. The van der Waals surface area contributed by atoms with E-state index in [1.165, 1.54) is 35.2 Å². The number of pyridine rings is 1. The van der Waals surface area contributed by atoms with E-state index in [-0.39, 0.29) is 12.1 Å². The molecule has 0 unspecified atom stereocenters. The average molecular weight is 247 g/mol. The van der Waals surface area contributed by atoms with E-state index in [9.17, 15) is 14.4 Å². The Morgan fingerprint density at radius 1 is 1.33 bits per heavy atom. The molecule has 7 heteroatoms. The molecule has 0 atom stereocenters. The fraction of sp³-hybridized carbons (Fsp3) is 0.0909. The Labute approximate surface area is 100 Å². The highest BCUT2D eigenvalue weighted by molar-refractivity contribution is 5.87. The number of carboxylic acid groups (broad SMARTS) is 1. The molecule has 0 aromatic carbocycles. The Hall–Kier alpha value is -2.70. The maximum Gasteiger partial charge on any atom is 0.337 e. The predicted octanol–water partition coefficient (Wildman–Crippen LogP) is -0.322. The first-order chi connectivity index (χ1) is 8.56. The summed E-state index contributed by atoms with van der Waals surface area (Å²) in [6.45, 7) is 0.162. The van der Waals surface area contributed by atoms with Crippen LogP contribution in [0.2, 0.25) is 0 Å². The molecule has 2 aromatic heterocycles. The molecule has 2 heterocycles. The minimum Gasteiger partial charge on any atom is -0.478 e. The van der Waals surface area contributed by atoms with Gasteiger partial charge in [-0.25, -0.2) is 9.59 Å². The van der Waals surface area contributed by atoms with E-state index in [0.29, 0.717) is 5.69 Å². The smallest absolute Gasteiger partial charge is 0.337 e. The first kappa shape index (κ1) is 11.8. The predicted molar refractivity (Wildman–Crippen MR) is 61.6 cm³/mol. The zero-order valence-electron chi connectivity index (χ0n) is 9.16. The highest BCUT2D eigenvalue weighted by Crippen LogP contribution is 2.01. The normalized spacial score (nSPS) is 10.2. The lowest BCUT2D eigenvalue weighted by Gasteiger charge is -2.03. The van der Waals surface area contributed by atoms with Crippen molar-refractivity contribution in [2.24, 2.45) is 0 Å². The molecule has 0 aliphatic carbocycles. The van der Waals surface area contributed by atoms with E-state index in [0.717, 1.165) is 0 Å². The summed E-state index contributed by atoms with van der Waals surface area (Å²) in [7, 11) is 0. The van der Waals surface area contributed by atoms with Gasteiger partial charge in [-0.05, 0) is 12.1 Å². The number of hydrogen-bond donors (Lipinski definition) is 2. The molecule has 0 spiro atoms. The van der Waals surface area contributed by atoms with Crippen LogP contribution in [0.3, 0.4) is 0 Å². The van der Waals surface area contributed by atoms with Crippen LogP contribution in [0, 0.1) is 0 Å². The summed E-state index contributed by atoms with van der Waals surface area (Å²) in [5.74, 6) is -1.06. The SMILES string of the molecule is O=C(O)c1ccc(Cn2ccc(=O)[nH]c2=O)nc1. The number of rotatable bonds is 3. The van der Waals surface area contributed by atoms with E-state index in [2.05, 4.69) is 9.97 Å². The molecule has 18 heavy (non-hydrogen) atoms. The van der Waals surface area contributed by atoms with E-state index in [4.69, 9.17) is 5.11 Å². The molecule has 0 radical (unpaired) electrons. The first-order valence-electron chi connectivity index (χ1n) is 5.04. The number of hydrogen-bond acceptors (Lipinski definition) is 4. The highest BCUT2D eigenvalue weighted by atomic mass is 16.4. The number of carboxylic acids is 1.